The first-order valence-corrected chi connectivity index (χ1v) is 4.57. The molecular formula is C10H11ClN2. The molecule has 1 aromatic carbocycles. The van der Waals surface area contributed by atoms with Gasteiger partial charge in [0.1, 0.15) is 0 Å². The van der Waals surface area contributed by atoms with E-state index in [4.69, 9.17) is 17.3 Å². The Bertz CT molecular complexity index is 445. The highest BCUT2D eigenvalue weighted by Gasteiger charge is 2.08. The first-order chi connectivity index (χ1) is 6.24. The molecule has 68 valence electrons. The van der Waals surface area contributed by atoms with Crippen LogP contribution >= 0.6 is 11.6 Å². The third-order valence-electron chi connectivity index (χ3n) is 2.24. The molecule has 0 aliphatic heterocycles. The molecule has 0 aliphatic carbocycles. The van der Waals surface area contributed by atoms with E-state index >= 15 is 0 Å². The van der Waals surface area contributed by atoms with E-state index in [-0.39, 0.29) is 0 Å². The molecule has 3 N–H and O–H groups in total. The Morgan fingerprint density at radius 3 is 2.92 bits per heavy atom. The lowest BCUT2D eigenvalue weighted by atomic mass is 10.1. The van der Waals surface area contributed by atoms with Gasteiger partial charge in [0.05, 0.1) is 5.02 Å². The Balaban J connectivity index is 2.87. The minimum atomic E-state index is 0.522. The summed E-state index contributed by atoms with van der Waals surface area (Å²) in [5, 5.41) is 1.85. The number of aryl methyl sites for hydroxylation is 1. The molecule has 1 aromatic heterocycles. The average molecular weight is 195 g/mol. The van der Waals surface area contributed by atoms with E-state index < -0.39 is 0 Å². The van der Waals surface area contributed by atoms with Crippen LogP contribution in [0.15, 0.2) is 18.2 Å². The van der Waals surface area contributed by atoms with E-state index in [2.05, 4.69) is 4.98 Å². The van der Waals surface area contributed by atoms with Crippen LogP contribution in [0, 0.1) is 6.92 Å². The third kappa shape index (κ3) is 1.23. The fourth-order valence-corrected chi connectivity index (χ4v) is 1.85. The first-order valence-electron chi connectivity index (χ1n) is 4.19. The molecule has 0 spiro atoms. The highest BCUT2D eigenvalue weighted by atomic mass is 35.5. The molecule has 0 amide bonds. The topological polar surface area (TPSA) is 41.8 Å². The average Bonchev–Trinajstić information content (AvgIpc) is 2.43. The maximum atomic E-state index is 6.14. The second-order valence-electron chi connectivity index (χ2n) is 3.11. The van der Waals surface area contributed by atoms with Crippen molar-refractivity contribution in [2.24, 2.45) is 5.73 Å². The summed E-state index contributed by atoms with van der Waals surface area (Å²) in [5.74, 6) is 0. The van der Waals surface area contributed by atoms with Crippen LogP contribution in [0.2, 0.25) is 5.02 Å². The summed E-state index contributed by atoms with van der Waals surface area (Å²) in [4.78, 5) is 3.21. The molecule has 0 saturated carbocycles. The van der Waals surface area contributed by atoms with E-state index in [9.17, 15) is 0 Å². The number of aromatic nitrogens is 1. The van der Waals surface area contributed by atoms with Gasteiger partial charge in [0, 0.05) is 23.1 Å². The standard InChI is InChI=1S/C10H11ClN2/c1-6-10(11)9-7(5-12)3-2-4-8(9)13-6/h2-4,13H,5,12H2,1H3. The number of fused-ring (bicyclic) bond motifs is 1. The summed E-state index contributed by atoms with van der Waals surface area (Å²) in [7, 11) is 0. The molecule has 0 saturated heterocycles. The van der Waals surface area contributed by atoms with Crippen LogP contribution in [0.5, 0.6) is 0 Å². The van der Waals surface area contributed by atoms with E-state index in [0.717, 1.165) is 27.2 Å². The zero-order chi connectivity index (χ0) is 9.42. The van der Waals surface area contributed by atoms with Crippen LogP contribution in [-0.4, -0.2) is 4.98 Å². The molecule has 0 unspecified atom stereocenters. The van der Waals surface area contributed by atoms with Crippen molar-refractivity contribution in [1.29, 1.82) is 0 Å². The molecule has 0 fully saturated rings. The second kappa shape index (κ2) is 3.05. The molecule has 2 aromatic rings. The molecule has 0 aliphatic rings. The Hall–Kier alpha value is -0.990. The van der Waals surface area contributed by atoms with Gasteiger partial charge < -0.3 is 10.7 Å². The Kier molecular flexibility index (Phi) is 2.02. The molecule has 0 bridgehead atoms. The van der Waals surface area contributed by atoms with Gasteiger partial charge in [-0.3, -0.25) is 0 Å². The minimum absolute atomic E-state index is 0.522. The summed E-state index contributed by atoms with van der Waals surface area (Å²) in [6.45, 7) is 2.48. The van der Waals surface area contributed by atoms with Crippen molar-refractivity contribution in [3.05, 3.63) is 34.5 Å². The Morgan fingerprint density at radius 1 is 1.46 bits per heavy atom. The predicted molar refractivity (Wildman–Crippen MR) is 55.9 cm³/mol. The van der Waals surface area contributed by atoms with Crippen molar-refractivity contribution >= 4 is 22.5 Å². The lowest BCUT2D eigenvalue weighted by Crippen LogP contribution is -1.96. The summed E-state index contributed by atoms with van der Waals surface area (Å²) in [6, 6.07) is 5.99. The first kappa shape index (κ1) is 8.60. The summed E-state index contributed by atoms with van der Waals surface area (Å²) < 4.78 is 0. The van der Waals surface area contributed by atoms with E-state index in [1.165, 1.54) is 0 Å². The van der Waals surface area contributed by atoms with Crippen molar-refractivity contribution in [3.8, 4) is 0 Å². The van der Waals surface area contributed by atoms with E-state index in [1.807, 2.05) is 25.1 Å². The predicted octanol–water partition coefficient (Wildman–Crippen LogP) is 2.59. The van der Waals surface area contributed by atoms with Gasteiger partial charge in [-0.15, -0.1) is 0 Å². The number of rotatable bonds is 1. The van der Waals surface area contributed by atoms with Crippen LogP contribution < -0.4 is 5.73 Å². The largest absolute Gasteiger partial charge is 0.357 e. The van der Waals surface area contributed by atoms with Crippen molar-refractivity contribution in [3.63, 3.8) is 0 Å². The molecule has 13 heavy (non-hydrogen) atoms. The van der Waals surface area contributed by atoms with Gasteiger partial charge in [-0.2, -0.15) is 0 Å². The van der Waals surface area contributed by atoms with E-state index in [0.29, 0.717) is 6.54 Å². The number of H-pyrrole nitrogens is 1. The van der Waals surface area contributed by atoms with Crippen LogP contribution in [0.3, 0.4) is 0 Å². The number of nitrogens with two attached hydrogens (primary N) is 1. The molecule has 1 heterocycles. The maximum Gasteiger partial charge on any atom is 0.0692 e. The van der Waals surface area contributed by atoms with Crippen molar-refractivity contribution < 1.29 is 0 Å². The number of benzene rings is 1. The number of aromatic amines is 1. The molecular weight excluding hydrogens is 184 g/mol. The van der Waals surface area contributed by atoms with Crippen LogP contribution in [0.4, 0.5) is 0 Å². The summed E-state index contributed by atoms with van der Waals surface area (Å²) in [6.07, 6.45) is 0. The van der Waals surface area contributed by atoms with Crippen molar-refractivity contribution in [2.75, 3.05) is 0 Å². The molecule has 0 radical (unpaired) electrons. The zero-order valence-corrected chi connectivity index (χ0v) is 8.15. The van der Waals surface area contributed by atoms with E-state index in [1.54, 1.807) is 0 Å². The second-order valence-corrected chi connectivity index (χ2v) is 3.49. The molecule has 3 heteroatoms. The van der Waals surface area contributed by atoms with Gasteiger partial charge in [-0.1, -0.05) is 23.7 Å². The molecule has 0 atom stereocenters. The monoisotopic (exact) mass is 194 g/mol. The van der Waals surface area contributed by atoms with Crippen molar-refractivity contribution in [1.82, 2.24) is 4.98 Å². The summed E-state index contributed by atoms with van der Waals surface area (Å²) >= 11 is 6.14. The SMILES string of the molecule is Cc1[nH]c2cccc(CN)c2c1Cl. The number of hydrogen-bond acceptors (Lipinski definition) is 1. The number of hydrogen-bond donors (Lipinski definition) is 2. The quantitative estimate of drug-likeness (QED) is 0.720. The van der Waals surface area contributed by atoms with Crippen LogP contribution in [-0.2, 0) is 6.54 Å². The molecule has 2 rings (SSSR count). The Morgan fingerprint density at radius 2 is 2.23 bits per heavy atom. The van der Waals surface area contributed by atoms with Gasteiger partial charge in [0.15, 0.2) is 0 Å². The Labute approximate surface area is 81.7 Å². The molecule has 2 nitrogen and oxygen atoms in total. The lowest BCUT2D eigenvalue weighted by Gasteiger charge is -1.98. The van der Waals surface area contributed by atoms with Crippen molar-refractivity contribution in [2.45, 2.75) is 13.5 Å². The van der Waals surface area contributed by atoms with Gasteiger partial charge in [-0.05, 0) is 18.6 Å². The van der Waals surface area contributed by atoms with Gasteiger partial charge in [0.2, 0.25) is 0 Å². The zero-order valence-electron chi connectivity index (χ0n) is 7.39. The number of halogens is 1. The fraction of sp³-hybridized carbons (Fsp3) is 0.200. The van der Waals surface area contributed by atoms with Crippen LogP contribution in [0.1, 0.15) is 11.3 Å². The normalized spacial score (nSPS) is 11.0. The summed E-state index contributed by atoms with van der Waals surface area (Å²) in [5.41, 5.74) is 8.77. The highest BCUT2D eigenvalue weighted by Crippen LogP contribution is 2.29. The van der Waals surface area contributed by atoms with Gasteiger partial charge in [0.25, 0.3) is 0 Å². The third-order valence-corrected chi connectivity index (χ3v) is 2.71. The fourth-order valence-electron chi connectivity index (χ4n) is 1.58. The van der Waals surface area contributed by atoms with Gasteiger partial charge >= 0.3 is 0 Å². The lowest BCUT2D eigenvalue weighted by molar-refractivity contribution is 1.09. The number of nitrogens with one attached hydrogen (secondary N) is 1. The van der Waals surface area contributed by atoms with Gasteiger partial charge in [-0.25, -0.2) is 0 Å². The van der Waals surface area contributed by atoms with Crippen LogP contribution in [0.25, 0.3) is 10.9 Å². The maximum absolute atomic E-state index is 6.14. The smallest absolute Gasteiger partial charge is 0.0692 e. The highest BCUT2D eigenvalue weighted by molar-refractivity contribution is 6.36. The minimum Gasteiger partial charge on any atom is -0.357 e.